The molecule has 1 atom stereocenters. The summed E-state index contributed by atoms with van der Waals surface area (Å²) in [6.07, 6.45) is 0.317. The first kappa shape index (κ1) is 17.5. The highest BCUT2D eigenvalue weighted by molar-refractivity contribution is 5.80. The van der Waals surface area contributed by atoms with Crippen LogP contribution in [0, 0.1) is 20.8 Å². The van der Waals surface area contributed by atoms with E-state index in [0.717, 1.165) is 33.8 Å². The number of aromatic nitrogens is 2. The molecule has 134 valence electrons. The summed E-state index contributed by atoms with van der Waals surface area (Å²) in [7, 11) is 1.63. The molecule has 1 saturated heterocycles. The van der Waals surface area contributed by atoms with Gasteiger partial charge in [0.25, 0.3) is 0 Å². The zero-order valence-corrected chi connectivity index (χ0v) is 15.3. The number of rotatable bonds is 4. The summed E-state index contributed by atoms with van der Waals surface area (Å²) in [6, 6.07) is 5.82. The smallest absolute Gasteiger partial charge is 0.227 e. The highest BCUT2D eigenvalue weighted by Gasteiger charge is 2.32. The third-order valence-corrected chi connectivity index (χ3v) is 4.74. The second-order valence-electron chi connectivity index (χ2n) is 6.52. The normalized spacial score (nSPS) is 17.6. The fraction of sp³-hybridized carbons (Fsp3) is 0.474. The first-order valence-corrected chi connectivity index (χ1v) is 8.53. The monoisotopic (exact) mass is 343 g/mol. The van der Waals surface area contributed by atoms with E-state index in [-0.39, 0.29) is 11.9 Å². The average Bonchev–Trinajstić information content (AvgIpc) is 2.93. The highest BCUT2D eigenvalue weighted by Crippen LogP contribution is 2.30. The number of benzene rings is 1. The molecule has 1 N–H and O–H groups in total. The molecule has 25 heavy (non-hydrogen) atoms. The molecule has 1 aliphatic rings. The molecule has 0 aliphatic carbocycles. The number of carbonyl (C=O) groups excluding carboxylic acids is 1. The Morgan fingerprint density at radius 3 is 2.88 bits per heavy atom. The van der Waals surface area contributed by atoms with Crippen molar-refractivity contribution in [1.82, 2.24) is 15.1 Å². The maximum absolute atomic E-state index is 13.1. The molecule has 0 bridgehead atoms. The van der Waals surface area contributed by atoms with Gasteiger partial charge in [0, 0.05) is 23.4 Å². The van der Waals surface area contributed by atoms with Gasteiger partial charge in [0.05, 0.1) is 38.5 Å². The molecule has 1 amide bonds. The van der Waals surface area contributed by atoms with Crippen molar-refractivity contribution in [1.29, 1.82) is 0 Å². The summed E-state index contributed by atoms with van der Waals surface area (Å²) >= 11 is 0. The number of morpholine rings is 1. The highest BCUT2D eigenvalue weighted by atomic mass is 16.5. The van der Waals surface area contributed by atoms with Gasteiger partial charge in [0.15, 0.2) is 0 Å². The summed E-state index contributed by atoms with van der Waals surface area (Å²) < 4.78 is 11.1. The lowest BCUT2D eigenvalue weighted by atomic mass is 10.0. The van der Waals surface area contributed by atoms with Gasteiger partial charge in [-0.25, -0.2) is 0 Å². The van der Waals surface area contributed by atoms with Gasteiger partial charge in [0.2, 0.25) is 5.91 Å². The van der Waals surface area contributed by atoms with Gasteiger partial charge in [-0.3, -0.25) is 9.89 Å². The fourth-order valence-electron chi connectivity index (χ4n) is 3.50. The van der Waals surface area contributed by atoms with Crippen molar-refractivity contribution >= 4 is 5.91 Å². The van der Waals surface area contributed by atoms with E-state index < -0.39 is 0 Å². The van der Waals surface area contributed by atoms with E-state index in [1.54, 1.807) is 7.11 Å². The first-order chi connectivity index (χ1) is 12.0. The molecular weight excluding hydrogens is 318 g/mol. The zero-order valence-electron chi connectivity index (χ0n) is 15.3. The molecule has 0 saturated carbocycles. The maximum Gasteiger partial charge on any atom is 0.227 e. The Hall–Kier alpha value is -2.34. The molecule has 0 radical (unpaired) electrons. The Labute approximate surface area is 148 Å². The second-order valence-corrected chi connectivity index (χ2v) is 6.52. The molecule has 3 rings (SSSR count). The van der Waals surface area contributed by atoms with E-state index in [2.05, 4.69) is 10.2 Å². The van der Waals surface area contributed by atoms with Crippen LogP contribution in [0.4, 0.5) is 0 Å². The average molecular weight is 343 g/mol. The molecular formula is C19H25N3O3. The van der Waals surface area contributed by atoms with Crippen LogP contribution >= 0.6 is 0 Å². The van der Waals surface area contributed by atoms with Crippen LogP contribution in [-0.2, 0) is 16.0 Å². The van der Waals surface area contributed by atoms with E-state index in [1.165, 1.54) is 0 Å². The van der Waals surface area contributed by atoms with Gasteiger partial charge < -0.3 is 14.4 Å². The number of amides is 1. The van der Waals surface area contributed by atoms with Gasteiger partial charge in [0.1, 0.15) is 5.75 Å². The number of aryl methyl sites for hydroxylation is 3. The van der Waals surface area contributed by atoms with E-state index in [1.807, 2.05) is 43.9 Å². The number of ether oxygens (including phenoxy) is 2. The van der Waals surface area contributed by atoms with Crippen molar-refractivity contribution in [3.63, 3.8) is 0 Å². The lowest BCUT2D eigenvalue weighted by molar-refractivity contribution is -0.139. The van der Waals surface area contributed by atoms with Crippen molar-refractivity contribution in [3.8, 4) is 5.75 Å². The van der Waals surface area contributed by atoms with Gasteiger partial charge in [-0.05, 0) is 26.8 Å². The Bertz CT molecular complexity index is 750. The Morgan fingerprint density at radius 1 is 1.40 bits per heavy atom. The quantitative estimate of drug-likeness (QED) is 0.926. The number of methoxy groups -OCH3 is 1. The van der Waals surface area contributed by atoms with Crippen molar-refractivity contribution < 1.29 is 14.3 Å². The van der Waals surface area contributed by atoms with Crippen LogP contribution in [0.2, 0.25) is 0 Å². The summed E-state index contributed by atoms with van der Waals surface area (Å²) in [5.41, 5.74) is 4.99. The van der Waals surface area contributed by atoms with Crippen LogP contribution in [0.5, 0.6) is 5.75 Å². The molecule has 0 spiro atoms. The van der Waals surface area contributed by atoms with Crippen molar-refractivity contribution in [2.75, 3.05) is 26.9 Å². The number of nitrogens with zero attached hydrogens (tertiary/aromatic N) is 2. The van der Waals surface area contributed by atoms with E-state index in [0.29, 0.717) is 26.2 Å². The number of nitrogens with one attached hydrogen (secondary N) is 1. The SMILES string of the molecule is COc1ccc(C)cc1CC(=O)N1CCOCC1c1c(C)n[nH]c1C. The number of aromatic amines is 1. The van der Waals surface area contributed by atoms with Crippen molar-refractivity contribution in [3.05, 3.63) is 46.3 Å². The number of hydrogen-bond acceptors (Lipinski definition) is 4. The topological polar surface area (TPSA) is 67.4 Å². The fourth-order valence-corrected chi connectivity index (χ4v) is 3.50. The van der Waals surface area contributed by atoms with Crippen molar-refractivity contribution in [2.45, 2.75) is 33.2 Å². The largest absolute Gasteiger partial charge is 0.496 e. The van der Waals surface area contributed by atoms with Crippen LogP contribution in [0.3, 0.4) is 0 Å². The number of carbonyl (C=O) groups is 1. The number of hydrogen-bond donors (Lipinski definition) is 1. The number of H-pyrrole nitrogens is 1. The summed E-state index contributed by atoms with van der Waals surface area (Å²) in [5, 5.41) is 7.28. The van der Waals surface area contributed by atoms with E-state index in [9.17, 15) is 4.79 Å². The van der Waals surface area contributed by atoms with Crippen LogP contribution in [-0.4, -0.2) is 47.9 Å². The Morgan fingerprint density at radius 2 is 2.20 bits per heavy atom. The summed E-state index contributed by atoms with van der Waals surface area (Å²) in [6.45, 7) is 7.60. The Kier molecular flexibility index (Phi) is 5.08. The Balaban J connectivity index is 1.86. The first-order valence-electron chi connectivity index (χ1n) is 8.53. The summed E-state index contributed by atoms with van der Waals surface area (Å²) in [4.78, 5) is 15.0. The maximum atomic E-state index is 13.1. The third-order valence-electron chi connectivity index (χ3n) is 4.74. The van der Waals surface area contributed by atoms with Gasteiger partial charge >= 0.3 is 0 Å². The molecule has 2 heterocycles. The second kappa shape index (κ2) is 7.27. The molecule has 2 aromatic rings. The summed E-state index contributed by atoms with van der Waals surface area (Å²) in [5.74, 6) is 0.830. The zero-order chi connectivity index (χ0) is 18.0. The van der Waals surface area contributed by atoms with E-state index in [4.69, 9.17) is 9.47 Å². The molecule has 1 aromatic heterocycles. The molecule has 6 nitrogen and oxygen atoms in total. The third kappa shape index (κ3) is 3.54. The van der Waals surface area contributed by atoms with Crippen LogP contribution in [0.15, 0.2) is 18.2 Å². The molecule has 6 heteroatoms. The molecule has 1 unspecified atom stereocenters. The van der Waals surface area contributed by atoms with Crippen LogP contribution in [0.1, 0.15) is 34.1 Å². The molecule has 1 aliphatic heterocycles. The predicted octanol–water partition coefficient (Wildman–Crippen LogP) is 2.49. The van der Waals surface area contributed by atoms with Crippen LogP contribution in [0.25, 0.3) is 0 Å². The van der Waals surface area contributed by atoms with Gasteiger partial charge in [-0.2, -0.15) is 5.10 Å². The lowest BCUT2D eigenvalue weighted by Crippen LogP contribution is -2.44. The van der Waals surface area contributed by atoms with Gasteiger partial charge in [-0.15, -0.1) is 0 Å². The minimum absolute atomic E-state index is 0.0807. The predicted molar refractivity (Wildman–Crippen MR) is 94.8 cm³/mol. The molecule has 1 fully saturated rings. The van der Waals surface area contributed by atoms with Gasteiger partial charge in [-0.1, -0.05) is 17.7 Å². The minimum atomic E-state index is -0.101. The van der Waals surface area contributed by atoms with E-state index >= 15 is 0 Å². The lowest BCUT2D eigenvalue weighted by Gasteiger charge is -2.36. The standard InChI is InChI=1S/C19H25N3O3/c1-12-5-6-17(24-4)15(9-12)10-18(23)22-7-8-25-11-16(22)19-13(2)20-21-14(19)3/h5-6,9,16H,7-8,10-11H2,1-4H3,(H,20,21). The van der Waals surface area contributed by atoms with Crippen LogP contribution < -0.4 is 4.74 Å². The van der Waals surface area contributed by atoms with Crippen molar-refractivity contribution in [2.24, 2.45) is 0 Å². The molecule has 1 aromatic carbocycles. The minimum Gasteiger partial charge on any atom is -0.496 e.